The van der Waals surface area contributed by atoms with Crippen molar-refractivity contribution in [3.05, 3.63) is 73.8 Å². The first-order chi connectivity index (χ1) is 10.6. The maximum atomic E-state index is 10.9. The molecule has 0 aliphatic carbocycles. The molecule has 0 saturated heterocycles. The lowest BCUT2D eigenvalue weighted by Crippen LogP contribution is -2.07. The quantitative estimate of drug-likeness (QED) is 0.622. The van der Waals surface area contributed by atoms with Gasteiger partial charge in [-0.05, 0) is 36.8 Å². The highest BCUT2D eigenvalue weighted by Gasteiger charge is 2.17. The SMILES string of the molecule is Cc1cc(C2=NN=CCc3ccc(Cl)cc32)ccc1[N+](=O)[O-]. The van der Waals surface area contributed by atoms with Gasteiger partial charge in [0.15, 0.2) is 0 Å². The molecule has 5 nitrogen and oxygen atoms in total. The average molecular weight is 314 g/mol. The number of fused-ring (bicyclic) bond motifs is 1. The van der Waals surface area contributed by atoms with E-state index in [-0.39, 0.29) is 5.69 Å². The van der Waals surface area contributed by atoms with Crippen LogP contribution in [0.15, 0.2) is 46.6 Å². The van der Waals surface area contributed by atoms with Crippen molar-refractivity contribution in [2.75, 3.05) is 0 Å². The Morgan fingerprint density at radius 1 is 1.23 bits per heavy atom. The zero-order valence-electron chi connectivity index (χ0n) is 11.8. The van der Waals surface area contributed by atoms with Gasteiger partial charge in [0.1, 0.15) is 5.71 Å². The Bertz CT molecular complexity index is 828. The predicted octanol–water partition coefficient (Wildman–Crippen LogP) is 3.94. The molecule has 0 saturated carbocycles. The van der Waals surface area contributed by atoms with Crippen LogP contribution in [0.2, 0.25) is 5.02 Å². The summed E-state index contributed by atoms with van der Waals surface area (Å²) < 4.78 is 0. The maximum Gasteiger partial charge on any atom is 0.272 e. The Hall–Kier alpha value is -2.53. The van der Waals surface area contributed by atoms with E-state index in [0.717, 1.165) is 16.7 Å². The Morgan fingerprint density at radius 2 is 2.05 bits per heavy atom. The second kappa shape index (κ2) is 5.69. The van der Waals surface area contributed by atoms with Crippen LogP contribution in [0.25, 0.3) is 0 Å². The van der Waals surface area contributed by atoms with Gasteiger partial charge in [-0.15, -0.1) is 0 Å². The van der Waals surface area contributed by atoms with Crippen LogP contribution in [0, 0.1) is 17.0 Å². The first-order valence-electron chi connectivity index (χ1n) is 6.70. The average Bonchev–Trinajstić information content (AvgIpc) is 2.68. The van der Waals surface area contributed by atoms with Gasteiger partial charge in [0.25, 0.3) is 5.69 Å². The molecule has 0 spiro atoms. The van der Waals surface area contributed by atoms with E-state index in [1.54, 1.807) is 25.3 Å². The Morgan fingerprint density at radius 3 is 2.77 bits per heavy atom. The lowest BCUT2D eigenvalue weighted by molar-refractivity contribution is -0.385. The molecule has 0 amide bonds. The number of nitrogens with zero attached hydrogens (tertiary/aromatic N) is 3. The van der Waals surface area contributed by atoms with Gasteiger partial charge < -0.3 is 0 Å². The van der Waals surface area contributed by atoms with Crippen molar-refractivity contribution >= 4 is 29.2 Å². The summed E-state index contributed by atoms with van der Waals surface area (Å²) in [5.41, 5.74) is 4.10. The van der Waals surface area contributed by atoms with Gasteiger partial charge in [-0.1, -0.05) is 17.7 Å². The molecule has 0 radical (unpaired) electrons. The zero-order chi connectivity index (χ0) is 15.7. The lowest BCUT2D eigenvalue weighted by Gasteiger charge is -2.10. The van der Waals surface area contributed by atoms with E-state index in [9.17, 15) is 10.1 Å². The minimum absolute atomic E-state index is 0.0905. The third-order valence-electron chi connectivity index (χ3n) is 3.54. The van der Waals surface area contributed by atoms with Gasteiger partial charge in [-0.3, -0.25) is 10.1 Å². The Kier molecular flexibility index (Phi) is 3.73. The highest BCUT2D eigenvalue weighted by Crippen LogP contribution is 2.25. The van der Waals surface area contributed by atoms with Gasteiger partial charge in [0.2, 0.25) is 0 Å². The van der Waals surface area contributed by atoms with Crippen LogP contribution in [0.1, 0.15) is 22.3 Å². The van der Waals surface area contributed by atoms with E-state index < -0.39 is 4.92 Å². The highest BCUT2D eigenvalue weighted by atomic mass is 35.5. The maximum absolute atomic E-state index is 10.9. The number of hydrogen-bond donors (Lipinski definition) is 0. The fraction of sp³-hybridized carbons (Fsp3) is 0.125. The summed E-state index contributed by atoms with van der Waals surface area (Å²) in [4.78, 5) is 10.5. The van der Waals surface area contributed by atoms with Gasteiger partial charge in [-0.2, -0.15) is 10.2 Å². The minimum atomic E-state index is -0.392. The number of halogens is 1. The largest absolute Gasteiger partial charge is 0.272 e. The first kappa shape index (κ1) is 14.4. The minimum Gasteiger partial charge on any atom is -0.258 e. The second-order valence-electron chi connectivity index (χ2n) is 5.01. The number of hydrogen-bond acceptors (Lipinski definition) is 4. The van der Waals surface area contributed by atoms with Crippen LogP contribution in [0.4, 0.5) is 5.69 Å². The van der Waals surface area contributed by atoms with Crippen LogP contribution in [-0.4, -0.2) is 16.8 Å². The summed E-state index contributed by atoms with van der Waals surface area (Å²) in [5, 5.41) is 19.9. The molecule has 1 aliphatic rings. The monoisotopic (exact) mass is 313 g/mol. The van der Waals surface area contributed by atoms with E-state index in [0.29, 0.717) is 22.7 Å². The highest BCUT2D eigenvalue weighted by molar-refractivity contribution is 6.31. The van der Waals surface area contributed by atoms with Gasteiger partial charge in [0.05, 0.1) is 4.92 Å². The van der Waals surface area contributed by atoms with Crippen molar-refractivity contribution in [2.24, 2.45) is 10.2 Å². The molecule has 0 bridgehead atoms. The molecule has 0 aromatic heterocycles. The summed E-state index contributed by atoms with van der Waals surface area (Å²) in [6.45, 7) is 1.71. The molecule has 0 N–H and O–H groups in total. The smallest absolute Gasteiger partial charge is 0.258 e. The molecule has 0 fully saturated rings. The van der Waals surface area contributed by atoms with Crippen molar-refractivity contribution < 1.29 is 4.92 Å². The molecule has 110 valence electrons. The number of aryl methyl sites for hydroxylation is 1. The second-order valence-corrected chi connectivity index (χ2v) is 5.45. The number of nitro benzene ring substituents is 1. The number of rotatable bonds is 2. The van der Waals surface area contributed by atoms with E-state index in [2.05, 4.69) is 10.2 Å². The molecular weight excluding hydrogens is 302 g/mol. The molecule has 1 heterocycles. The van der Waals surface area contributed by atoms with Gasteiger partial charge in [0, 0.05) is 40.4 Å². The van der Waals surface area contributed by atoms with E-state index in [4.69, 9.17) is 11.6 Å². The molecule has 0 unspecified atom stereocenters. The summed E-state index contributed by atoms with van der Waals surface area (Å²) in [6, 6.07) is 10.6. The summed E-state index contributed by atoms with van der Waals surface area (Å²) in [6.07, 6.45) is 2.41. The molecule has 2 aromatic rings. The number of nitro groups is 1. The molecule has 1 aliphatic heterocycles. The first-order valence-corrected chi connectivity index (χ1v) is 7.08. The summed E-state index contributed by atoms with van der Waals surface area (Å²) in [7, 11) is 0. The number of benzene rings is 2. The van der Waals surface area contributed by atoms with Crippen LogP contribution >= 0.6 is 11.6 Å². The van der Waals surface area contributed by atoms with Crippen LogP contribution in [0.5, 0.6) is 0 Å². The van der Waals surface area contributed by atoms with Crippen molar-refractivity contribution in [3.63, 3.8) is 0 Å². The molecule has 6 heteroatoms. The molecular formula is C16H12ClN3O2. The molecule has 0 atom stereocenters. The normalized spacial score (nSPS) is 13.3. The summed E-state index contributed by atoms with van der Waals surface area (Å²) >= 11 is 6.10. The van der Waals surface area contributed by atoms with E-state index >= 15 is 0 Å². The molecule has 22 heavy (non-hydrogen) atoms. The third kappa shape index (κ3) is 2.63. The molecule has 2 aromatic carbocycles. The van der Waals surface area contributed by atoms with Crippen LogP contribution < -0.4 is 0 Å². The third-order valence-corrected chi connectivity index (χ3v) is 3.78. The van der Waals surface area contributed by atoms with Gasteiger partial charge in [-0.25, -0.2) is 0 Å². The van der Waals surface area contributed by atoms with Crippen molar-refractivity contribution in [1.82, 2.24) is 0 Å². The summed E-state index contributed by atoms with van der Waals surface area (Å²) in [5.74, 6) is 0. The fourth-order valence-corrected chi connectivity index (χ4v) is 2.63. The lowest BCUT2D eigenvalue weighted by atomic mass is 9.95. The predicted molar refractivity (Wildman–Crippen MR) is 87.1 cm³/mol. The Labute approximate surface area is 132 Å². The van der Waals surface area contributed by atoms with Crippen LogP contribution in [-0.2, 0) is 6.42 Å². The zero-order valence-corrected chi connectivity index (χ0v) is 12.5. The van der Waals surface area contributed by atoms with Crippen LogP contribution in [0.3, 0.4) is 0 Å². The Balaban J connectivity index is 2.15. The van der Waals surface area contributed by atoms with Crippen molar-refractivity contribution in [2.45, 2.75) is 13.3 Å². The van der Waals surface area contributed by atoms with Crippen molar-refractivity contribution in [1.29, 1.82) is 0 Å². The van der Waals surface area contributed by atoms with Gasteiger partial charge >= 0.3 is 0 Å². The van der Waals surface area contributed by atoms with E-state index in [1.807, 2.05) is 18.2 Å². The fourth-order valence-electron chi connectivity index (χ4n) is 2.46. The standard InChI is InChI=1S/C16H12ClN3O2/c1-10-8-12(3-5-15(10)20(21)22)16-14-9-13(17)4-2-11(14)6-7-18-19-16/h2-5,7-9H,6H2,1H3. The van der Waals surface area contributed by atoms with Crippen molar-refractivity contribution in [3.8, 4) is 0 Å². The molecule has 3 rings (SSSR count). The van der Waals surface area contributed by atoms with E-state index in [1.165, 1.54) is 6.07 Å². The topological polar surface area (TPSA) is 67.9 Å².